The van der Waals surface area contributed by atoms with Crippen LogP contribution < -0.4 is 11.1 Å². The molecule has 1 unspecified atom stereocenters. The molecule has 2 saturated heterocycles. The molecule has 1 atom stereocenters. The fourth-order valence-corrected chi connectivity index (χ4v) is 5.54. The quantitative estimate of drug-likeness (QED) is 0.318. The van der Waals surface area contributed by atoms with Crippen LogP contribution in [0.3, 0.4) is 0 Å². The van der Waals surface area contributed by atoms with Gasteiger partial charge in [0.15, 0.2) is 5.96 Å². The first-order valence-electron chi connectivity index (χ1n) is 10.4. The van der Waals surface area contributed by atoms with E-state index in [1.807, 2.05) is 12.1 Å². The van der Waals surface area contributed by atoms with Gasteiger partial charge in [0, 0.05) is 25.7 Å². The molecule has 0 spiro atoms. The Morgan fingerprint density at radius 3 is 2.48 bits per heavy atom. The smallest absolute Gasteiger partial charge is 0.243 e. The average molecular weight is 535 g/mol. The minimum atomic E-state index is -3.38. The third kappa shape index (κ3) is 6.53. The van der Waals surface area contributed by atoms with Gasteiger partial charge in [0.2, 0.25) is 10.0 Å². The Bertz CT molecular complexity index is 764. The van der Waals surface area contributed by atoms with Crippen molar-refractivity contribution in [3.05, 3.63) is 29.8 Å². The topological polar surface area (TPSA) is 91.0 Å². The predicted molar refractivity (Wildman–Crippen MR) is 128 cm³/mol. The molecule has 0 saturated carbocycles. The van der Waals surface area contributed by atoms with E-state index in [1.54, 1.807) is 16.4 Å². The Balaban J connectivity index is 0.00000300. The number of aliphatic imine (C=N–C) groups is 1. The number of piperidine rings is 1. The number of benzene rings is 1. The number of hydrogen-bond acceptors (Lipinski definition) is 4. The number of nitrogens with one attached hydrogen (secondary N) is 1. The van der Waals surface area contributed by atoms with Crippen LogP contribution >= 0.6 is 24.0 Å². The number of nitrogens with two attached hydrogens (primary N) is 1. The summed E-state index contributed by atoms with van der Waals surface area (Å²) in [5, 5.41) is 3.22. The fourth-order valence-electron chi connectivity index (χ4n) is 4.02. The van der Waals surface area contributed by atoms with Gasteiger partial charge in [-0.25, -0.2) is 13.4 Å². The van der Waals surface area contributed by atoms with Crippen LogP contribution in [-0.4, -0.2) is 62.3 Å². The molecule has 7 nitrogen and oxygen atoms in total. The van der Waals surface area contributed by atoms with Gasteiger partial charge in [0.05, 0.1) is 11.4 Å². The van der Waals surface area contributed by atoms with Crippen LogP contribution in [0.25, 0.3) is 0 Å². The maximum absolute atomic E-state index is 12.7. The van der Waals surface area contributed by atoms with E-state index >= 15 is 0 Å². The van der Waals surface area contributed by atoms with Crippen molar-refractivity contribution >= 4 is 40.0 Å². The highest BCUT2D eigenvalue weighted by atomic mass is 127. The van der Waals surface area contributed by atoms with Gasteiger partial charge in [-0.15, -0.1) is 24.0 Å². The Morgan fingerprint density at radius 1 is 1.14 bits per heavy atom. The second-order valence-corrected chi connectivity index (χ2v) is 9.55. The highest BCUT2D eigenvalue weighted by Gasteiger charge is 2.25. The summed E-state index contributed by atoms with van der Waals surface area (Å²) >= 11 is 0. The van der Waals surface area contributed by atoms with Crippen molar-refractivity contribution < 1.29 is 8.42 Å². The second kappa shape index (κ2) is 11.5. The van der Waals surface area contributed by atoms with Gasteiger partial charge >= 0.3 is 0 Å². The second-order valence-electron chi connectivity index (χ2n) is 7.62. The maximum Gasteiger partial charge on any atom is 0.243 e. The van der Waals surface area contributed by atoms with E-state index in [0.29, 0.717) is 36.5 Å². The van der Waals surface area contributed by atoms with Crippen molar-refractivity contribution in [3.63, 3.8) is 0 Å². The number of halogens is 1. The lowest BCUT2D eigenvalue weighted by Gasteiger charge is -2.25. The molecule has 2 aliphatic heterocycles. The van der Waals surface area contributed by atoms with Crippen LogP contribution in [0.5, 0.6) is 0 Å². The minimum Gasteiger partial charge on any atom is -0.370 e. The lowest BCUT2D eigenvalue weighted by Crippen LogP contribution is -2.42. The van der Waals surface area contributed by atoms with Crippen LogP contribution in [0.15, 0.2) is 34.2 Å². The van der Waals surface area contributed by atoms with E-state index in [9.17, 15) is 8.42 Å². The first kappa shape index (κ1) is 24.4. The van der Waals surface area contributed by atoms with Gasteiger partial charge in [-0.3, -0.25) is 4.90 Å². The number of nitrogens with zero attached hydrogens (tertiary/aromatic N) is 3. The lowest BCUT2D eigenvalue weighted by atomic mass is 10.2. The molecule has 3 rings (SSSR count). The molecule has 2 fully saturated rings. The summed E-state index contributed by atoms with van der Waals surface area (Å²) in [6, 6.07) is 7.52. The Labute approximate surface area is 192 Å². The van der Waals surface area contributed by atoms with Crippen LogP contribution in [0, 0.1) is 0 Å². The average Bonchev–Trinajstić information content (AvgIpc) is 3.19. The molecule has 1 aromatic carbocycles. The zero-order valence-corrected chi connectivity index (χ0v) is 20.4. The fraction of sp³-hybridized carbons (Fsp3) is 0.650. The van der Waals surface area contributed by atoms with Crippen LogP contribution in [0.2, 0.25) is 0 Å². The summed E-state index contributed by atoms with van der Waals surface area (Å²) in [4.78, 5) is 7.21. The Kier molecular flexibility index (Phi) is 9.64. The normalized spacial score (nSPS) is 21.7. The van der Waals surface area contributed by atoms with Crippen molar-refractivity contribution in [1.29, 1.82) is 0 Å². The molecular formula is C20H34IN5O2S. The number of sulfonamides is 1. The van der Waals surface area contributed by atoms with Crippen molar-refractivity contribution in [2.75, 3.05) is 32.7 Å². The van der Waals surface area contributed by atoms with Gasteiger partial charge in [-0.2, -0.15) is 4.31 Å². The summed E-state index contributed by atoms with van der Waals surface area (Å²) in [5.74, 6) is 0.438. The van der Waals surface area contributed by atoms with E-state index in [-0.39, 0.29) is 24.0 Å². The van der Waals surface area contributed by atoms with Crippen LogP contribution in [0.4, 0.5) is 0 Å². The molecule has 0 radical (unpaired) electrons. The van der Waals surface area contributed by atoms with Crippen molar-refractivity contribution in [3.8, 4) is 0 Å². The first-order valence-corrected chi connectivity index (χ1v) is 11.8. The van der Waals surface area contributed by atoms with Gasteiger partial charge in [0.1, 0.15) is 0 Å². The number of likely N-dealkylation sites (tertiary alicyclic amines) is 1. The molecule has 29 heavy (non-hydrogen) atoms. The van der Waals surface area contributed by atoms with Crippen molar-refractivity contribution in [1.82, 2.24) is 14.5 Å². The van der Waals surface area contributed by atoms with Crippen molar-refractivity contribution in [2.45, 2.75) is 56.5 Å². The lowest BCUT2D eigenvalue weighted by molar-refractivity contribution is 0.267. The molecule has 0 aromatic heterocycles. The number of rotatable bonds is 7. The van der Waals surface area contributed by atoms with Gasteiger partial charge in [-0.05, 0) is 56.5 Å². The van der Waals surface area contributed by atoms with E-state index in [4.69, 9.17) is 5.73 Å². The van der Waals surface area contributed by atoms with Gasteiger partial charge < -0.3 is 11.1 Å². The summed E-state index contributed by atoms with van der Waals surface area (Å²) in [5.41, 5.74) is 6.94. The molecule has 9 heteroatoms. The summed E-state index contributed by atoms with van der Waals surface area (Å²) < 4.78 is 27.0. The van der Waals surface area contributed by atoms with E-state index < -0.39 is 10.0 Å². The van der Waals surface area contributed by atoms with Crippen LogP contribution in [-0.2, 0) is 16.6 Å². The van der Waals surface area contributed by atoms with Gasteiger partial charge in [0.25, 0.3) is 0 Å². The van der Waals surface area contributed by atoms with E-state index in [1.165, 1.54) is 12.8 Å². The molecular weight excluding hydrogens is 501 g/mol. The van der Waals surface area contributed by atoms with Gasteiger partial charge in [-0.1, -0.05) is 25.5 Å². The zero-order valence-electron chi connectivity index (χ0n) is 17.2. The third-order valence-corrected chi connectivity index (χ3v) is 7.65. The highest BCUT2D eigenvalue weighted by molar-refractivity contribution is 14.0. The SMILES string of the molecule is CCN1CCCC1CNC(N)=NCc1ccc(S(=O)(=O)N2CCCCC2)cc1.I. The summed E-state index contributed by atoms with van der Waals surface area (Å²) in [7, 11) is -3.38. The largest absolute Gasteiger partial charge is 0.370 e. The maximum atomic E-state index is 12.7. The standard InChI is InChI=1S/C20H33N5O2S.HI/c1-2-24-12-6-7-18(24)16-23-20(21)22-15-17-8-10-19(11-9-17)28(26,27)25-13-4-3-5-14-25;/h8-11,18H,2-7,12-16H2,1H3,(H3,21,22,23);1H. The Hall–Kier alpha value is -0.910. The number of hydrogen-bond donors (Lipinski definition) is 2. The molecule has 2 heterocycles. The monoisotopic (exact) mass is 535 g/mol. The number of likely N-dealkylation sites (N-methyl/N-ethyl adjacent to an activating group) is 1. The molecule has 3 N–H and O–H groups in total. The molecule has 1 aromatic rings. The van der Waals surface area contributed by atoms with Crippen LogP contribution in [0.1, 0.15) is 44.6 Å². The molecule has 0 aliphatic carbocycles. The number of guanidine groups is 1. The zero-order chi connectivity index (χ0) is 20.0. The Morgan fingerprint density at radius 2 is 1.83 bits per heavy atom. The third-order valence-electron chi connectivity index (χ3n) is 5.73. The van der Waals surface area contributed by atoms with E-state index in [0.717, 1.165) is 44.5 Å². The van der Waals surface area contributed by atoms with Crippen molar-refractivity contribution in [2.24, 2.45) is 10.7 Å². The first-order chi connectivity index (χ1) is 13.5. The predicted octanol–water partition coefficient (Wildman–Crippen LogP) is 2.37. The minimum absolute atomic E-state index is 0. The highest BCUT2D eigenvalue weighted by Crippen LogP contribution is 2.21. The molecule has 164 valence electrons. The molecule has 0 bridgehead atoms. The molecule has 0 amide bonds. The summed E-state index contributed by atoms with van der Waals surface area (Å²) in [6.07, 6.45) is 5.42. The van der Waals surface area contributed by atoms with E-state index in [2.05, 4.69) is 22.1 Å². The molecule has 2 aliphatic rings. The summed E-state index contributed by atoms with van der Waals surface area (Å²) in [6.45, 7) is 6.90.